The number of aryl methyl sites for hydroxylation is 1. The van der Waals surface area contributed by atoms with E-state index in [9.17, 15) is 0 Å². The van der Waals surface area contributed by atoms with E-state index in [1.165, 1.54) is 11.1 Å². The van der Waals surface area contributed by atoms with Crippen LogP contribution in [-0.4, -0.2) is 49.3 Å². The Labute approximate surface area is 132 Å². The molecule has 3 rings (SSSR count). The van der Waals surface area contributed by atoms with Crippen molar-refractivity contribution in [2.45, 2.75) is 19.8 Å². The monoisotopic (exact) mass is 299 g/mol. The van der Waals surface area contributed by atoms with Crippen LogP contribution in [-0.2, 0) is 11.2 Å². The summed E-state index contributed by atoms with van der Waals surface area (Å²) in [5.74, 6) is 0. The number of ether oxygens (including phenoxy) is 1. The number of hydrogen-bond donors (Lipinski definition) is 1. The van der Waals surface area contributed by atoms with Crippen LogP contribution in [0.5, 0.6) is 0 Å². The normalized spacial score (nSPS) is 16.6. The molecule has 1 aliphatic rings. The van der Waals surface area contributed by atoms with E-state index in [4.69, 9.17) is 9.72 Å². The second-order valence-electron chi connectivity index (χ2n) is 5.77. The second-order valence-corrected chi connectivity index (χ2v) is 5.77. The molecule has 0 atom stereocenters. The molecule has 1 N–H and O–H groups in total. The summed E-state index contributed by atoms with van der Waals surface area (Å²) in [6.45, 7) is 8.10. The summed E-state index contributed by atoms with van der Waals surface area (Å²) >= 11 is 0. The van der Waals surface area contributed by atoms with Crippen molar-refractivity contribution in [2.24, 2.45) is 0 Å². The average Bonchev–Trinajstić information content (AvgIpc) is 2.83. The van der Waals surface area contributed by atoms with Crippen LogP contribution in [0.3, 0.4) is 0 Å². The fraction of sp³-hybridized carbons (Fsp3) is 0.500. The summed E-state index contributed by atoms with van der Waals surface area (Å²) in [6.07, 6.45) is 2.10. The predicted octanol–water partition coefficient (Wildman–Crippen LogP) is 2.93. The van der Waals surface area contributed by atoms with E-state index in [0.29, 0.717) is 0 Å². The molecule has 22 heavy (non-hydrogen) atoms. The molecule has 1 aromatic carbocycles. The molecule has 0 amide bonds. The van der Waals surface area contributed by atoms with E-state index < -0.39 is 0 Å². The molecule has 2 aromatic rings. The maximum atomic E-state index is 5.51. The van der Waals surface area contributed by atoms with Gasteiger partial charge in [0.15, 0.2) is 0 Å². The Morgan fingerprint density at radius 1 is 1.23 bits per heavy atom. The van der Waals surface area contributed by atoms with Crippen molar-refractivity contribution in [1.82, 2.24) is 9.88 Å². The summed E-state index contributed by atoms with van der Waals surface area (Å²) in [5, 5.41) is 4.81. The Balaban J connectivity index is 1.67. The van der Waals surface area contributed by atoms with Gasteiger partial charge >= 0.3 is 0 Å². The molecule has 0 radical (unpaired) electrons. The molecule has 0 saturated carbocycles. The Morgan fingerprint density at radius 3 is 3.05 bits per heavy atom. The van der Waals surface area contributed by atoms with Crippen LogP contribution in [0, 0.1) is 0 Å². The van der Waals surface area contributed by atoms with Gasteiger partial charge in [-0.2, -0.15) is 0 Å². The van der Waals surface area contributed by atoms with Crippen molar-refractivity contribution in [3.63, 3.8) is 0 Å². The highest BCUT2D eigenvalue weighted by molar-refractivity contribution is 5.91. The van der Waals surface area contributed by atoms with E-state index in [0.717, 1.165) is 63.4 Å². The lowest BCUT2D eigenvalue weighted by molar-refractivity contribution is 0.142. The van der Waals surface area contributed by atoms with Crippen LogP contribution in [0.2, 0.25) is 0 Å². The van der Waals surface area contributed by atoms with Gasteiger partial charge in [-0.3, -0.25) is 9.88 Å². The third-order valence-electron chi connectivity index (χ3n) is 4.19. The number of nitrogens with one attached hydrogen (secondary N) is 1. The summed E-state index contributed by atoms with van der Waals surface area (Å²) < 4.78 is 5.51. The molecule has 0 bridgehead atoms. The number of benzene rings is 1. The molecule has 1 aliphatic heterocycles. The third-order valence-corrected chi connectivity index (χ3v) is 4.19. The topological polar surface area (TPSA) is 37.4 Å². The third kappa shape index (κ3) is 3.76. The molecular weight excluding hydrogens is 274 g/mol. The minimum Gasteiger partial charge on any atom is -0.383 e. The summed E-state index contributed by atoms with van der Waals surface area (Å²) in [7, 11) is 0. The lowest BCUT2D eigenvalue weighted by Crippen LogP contribution is -2.31. The van der Waals surface area contributed by atoms with Gasteiger partial charge < -0.3 is 10.1 Å². The average molecular weight is 299 g/mol. The number of fused-ring (bicyclic) bond motifs is 1. The number of hydrogen-bond acceptors (Lipinski definition) is 4. The Hall–Kier alpha value is -1.65. The lowest BCUT2D eigenvalue weighted by Gasteiger charge is -2.20. The minimum atomic E-state index is 0.859. The molecule has 4 nitrogen and oxygen atoms in total. The van der Waals surface area contributed by atoms with E-state index in [-0.39, 0.29) is 0 Å². The minimum absolute atomic E-state index is 0.859. The molecule has 1 fully saturated rings. The number of rotatable bonds is 5. The van der Waals surface area contributed by atoms with Gasteiger partial charge in [-0.15, -0.1) is 0 Å². The summed E-state index contributed by atoms with van der Waals surface area (Å²) in [4.78, 5) is 7.17. The van der Waals surface area contributed by atoms with Crippen molar-refractivity contribution >= 4 is 16.6 Å². The number of pyridine rings is 1. The van der Waals surface area contributed by atoms with Crippen LogP contribution in [0.25, 0.3) is 10.9 Å². The largest absolute Gasteiger partial charge is 0.383 e. The van der Waals surface area contributed by atoms with Crippen LogP contribution in [0.15, 0.2) is 30.3 Å². The Kier molecular flexibility index (Phi) is 5.24. The van der Waals surface area contributed by atoms with Crippen molar-refractivity contribution in [1.29, 1.82) is 0 Å². The summed E-state index contributed by atoms with van der Waals surface area (Å²) in [5.41, 5.74) is 3.42. The van der Waals surface area contributed by atoms with Crippen molar-refractivity contribution in [2.75, 3.05) is 44.7 Å². The number of para-hydroxylation sites is 1. The number of anilines is 1. The van der Waals surface area contributed by atoms with Crippen molar-refractivity contribution in [3.05, 3.63) is 36.0 Å². The van der Waals surface area contributed by atoms with Crippen LogP contribution in [0.1, 0.15) is 19.0 Å². The van der Waals surface area contributed by atoms with E-state index in [1.54, 1.807) is 0 Å². The molecule has 118 valence electrons. The van der Waals surface area contributed by atoms with Gasteiger partial charge in [-0.1, -0.05) is 25.1 Å². The predicted molar refractivity (Wildman–Crippen MR) is 91.5 cm³/mol. The zero-order chi connectivity index (χ0) is 15.2. The molecule has 0 spiro atoms. The fourth-order valence-corrected chi connectivity index (χ4v) is 2.93. The summed E-state index contributed by atoms with van der Waals surface area (Å²) in [6, 6.07) is 10.5. The molecular formula is C18H25N3O. The first-order valence-electron chi connectivity index (χ1n) is 8.29. The molecule has 0 unspecified atom stereocenters. The Morgan fingerprint density at radius 2 is 2.14 bits per heavy atom. The second kappa shape index (κ2) is 7.56. The van der Waals surface area contributed by atoms with Crippen LogP contribution < -0.4 is 5.32 Å². The van der Waals surface area contributed by atoms with Gasteiger partial charge in [-0.25, -0.2) is 0 Å². The first-order chi connectivity index (χ1) is 10.9. The maximum absolute atomic E-state index is 5.51. The van der Waals surface area contributed by atoms with Gasteiger partial charge in [0.25, 0.3) is 0 Å². The molecule has 1 aromatic heterocycles. The van der Waals surface area contributed by atoms with Gasteiger partial charge in [0.05, 0.1) is 12.1 Å². The first-order valence-corrected chi connectivity index (χ1v) is 8.29. The quantitative estimate of drug-likeness (QED) is 0.921. The highest BCUT2D eigenvalue weighted by Gasteiger charge is 2.09. The van der Waals surface area contributed by atoms with Gasteiger partial charge in [0, 0.05) is 49.6 Å². The van der Waals surface area contributed by atoms with Gasteiger partial charge in [-0.05, 0) is 25.0 Å². The van der Waals surface area contributed by atoms with Crippen LogP contribution in [0.4, 0.5) is 5.69 Å². The first kappa shape index (κ1) is 15.3. The fourth-order valence-electron chi connectivity index (χ4n) is 2.93. The Bertz CT molecular complexity index is 606. The molecule has 4 heteroatoms. The zero-order valence-electron chi connectivity index (χ0n) is 13.3. The van der Waals surface area contributed by atoms with Gasteiger partial charge in [0.1, 0.15) is 0 Å². The van der Waals surface area contributed by atoms with E-state index in [2.05, 4.69) is 47.5 Å². The van der Waals surface area contributed by atoms with E-state index in [1.807, 2.05) is 0 Å². The highest BCUT2D eigenvalue weighted by Crippen LogP contribution is 2.23. The number of aromatic nitrogens is 1. The maximum Gasteiger partial charge on any atom is 0.0726 e. The lowest BCUT2D eigenvalue weighted by atomic mass is 10.1. The van der Waals surface area contributed by atoms with Gasteiger partial charge in [0.2, 0.25) is 0 Å². The standard InChI is InChI=1S/C18H25N3O/c1-2-15-14-18(16-6-3-4-7-17(16)20-15)19-8-10-21-9-5-12-22-13-11-21/h3-4,6-7,14H,2,5,8-13H2,1H3,(H,19,20). The van der Waals surface area contributed by atoms with E-state index >= 15 is 0 Å². The SMILES string of the molecule is CCc1cc(NCCN2CCCOCC2)c2ccccc2n1. The highest BCUT2D eigenvalue weighted by atomic mass is 16.5. The zero-order valence-corrected chi connectivity index (χ0v) is 13.3. The number of nitrogens with zero attached hydrogens (tertiary/aromatic N) is 2. The van der Waals surface area contributed by atoms with Crippen LogP contribution >= 0.6 is 0 Å². The van der Waals surface area contributed by atoms with Crippen molar-refractivity contribution in [3.8, 4) is 0 Å². The molecule has 2 heterocycles. The molecule has 1 saturated heterocycles. The molecule has 0 aliphatic carbocycles. The smallest absolute Gasteiger partial charge is 0.0726 e. The van der Waals surface area contributed by atoms with Crippen molar-refractivity contribution < 1.29 is 4.74 Å².